The van der Waals surface area contributed by atoms with Gasteiger partial charge in [0.2, 0.25) is 0 Å². The molecule has 2 nitrogen and oxygen atoms in total. The van der Waals surface area contributed by atoms with Gasteiger partial charge in [-0.15, -0.1) is 0 Å². The van der Waals surface area contributed by atoms with E-state index < -0.39 is 0 Å². The maximum Gasteiger partial charge on any atom is 0.119 e. The average molecular weight is 298 g/mol. The van der Waals surface area contributed by atoms with Crippen LogP contribution in [0.1, 0.15) is 11.1 Å². The highest BCUT2D eigenvalue weighted by molar-refractivity contribution is 7.07. The van der Waals surface area contributed by atoms with Crippen molar-refractivity contribution in [1.82, 2.24) is 0 Å². The molecule has 1 aromatic heterocycles. The molecule has 3 heteroatoms. The van der Waals surface area contributed by atoms with Crippen LogP contribution >= 0.6 is 11.3 Å². The smallest absolute Gasteiger partial charge is 0.119 e. The van der Waals surface area contributed by atoms with Crippen LogP contribution < -0.4 is 4.74 Å². The van der Waals surface area contributed by atoms with Gasteiger partial charge >= 0.3 is 0 Å². The van der Waals surface area contributed by atoms with Crippen LogP contribution in [0.4, 0.5) is 0 Å². The molecule has 108 valence electrons. The molecule has 1 N–H and O–H groups in total. The Hall–Kier alpha value is -1.84. The molecule has 0 spiro atoms. The molecule has 1 atom stereocenters. The summed E-state index contributed by atoms with van der Waals surface area (Å²) in [6.45, 7) is 0. The highest BCUT2D eigenvalue weighted by atomic mass is 32.1. The highest BCUT2D eigenvalue weighted by Crippen LogP contribution is 2.25. The summed E-state index contributed by atoms with van der Waals surface area (Å²) in [6.07, 6.45) is 0.987. The minimum Gasteiger partial charge on any atom is -0.497 e. The molecule has 3 rings (SSSR count). The minimum absolute atomic E-state index is 0.364. The average Bonchev–Trinajstić information content (AvgIpc) is 3.00. The van der Waals surface area contributed by atoms with Gasteiger partial charge < -0.3 is 9.84 Å². The third kappa shape index (κ3) is 3.26. The molecule has 0 saturated heterocycles. The largest absolute Gasteiger partial charge is 0.497 e. The van der Waals surface area contributed by atoms with Crippen LogP contribution in [0.2, 0.25) is 0 Å². The Labute approximate surface area is 128 Å². The van der Waals surface area contributed by atoms with Gasteiger partial charge in [-0.05, 0) is 63.7 Å². The number of hydrogen-bond donors (Lipinski definition) is 1. The third-order valence-electron chi connectivity index (χ3n) is 3.69. The van der Waals surface area contributed by atoms with Crippen LogP contribution in [-0.4, -0.2) is 18.3 Å². The van der Waals surface area contributed by atoms with Gasteiger partial charge in [0.05, 0.1) is 13.2 Å². The fourth-order valence-corrected chi connectivity index (χ4v) is 3.31. The monoisotopic (exact) mass is 298 g/mol. The summed E-state index contributed by atoms with van der Waals surface area (Å²) in [5.74, 6) is 0.849. The van der Waals surface area contributed by atoms with Crippen molar-refractivity contribution < 1.29 is 9.84 Å². The Kier molecular flexibility index (Phi) is 4.23. The molecule has 0 aliphatic carbocycles. The molecule has 3 aromatic rings. The lowest BCUT2D eigenvalue weighted by Gasteiger charge is -2.13. The molecule has 0 saturated carbocycles. The van der Waals surface area contributed by atoms with E-state index in [1.165, 1.54) is 10.9 Å². The standard InChI is InChI=1S/C18H18O2S/c1-20-17-6-5-14-3-2-4-15(18(14)11-17)10-16(19)9-13-7-8-21-12-13/h2-8,11-12,16,19H,9-10H2,1H3. The van der Waals surface area contributed by atoms with Crippen molar-refractivity contribution >= 4 is 22.1 Å². The van der Waals surface area contributed by atoms with Crippen LogP contribution in [0.3, 0.4) is 0 Å². The van der Waals surface area contributed by atoms with Gasteiger partial charge in [-0.3, -0.25) is 0 Å². The number of methoxy groups -OCH3 is 1. The number of aliphatic hydroxyl groups is 1. The predicted octanol–water partition coefficient (Wildman–Crippen LogP) is 4.06. The first-order valence-corrected chi connectivity index (χ1v) is 7.95. The lowest BCUT2D eigenvalue weighted by Crippen LogP contribution is -2.13. The highest BCUT2D eigenvalue weighted by Gasteiger charge is 2.10. The summed E-state index contributed by atoms with van der Waals surface area (Å²) in [5, 5.41) is 16.8. The first-order valence-electron chi connectivity index (χ1n) is 7.01. The van der Waals surface area contributed by atoms with Crippen LogP contribution in [0.25, 0.3) is 10.8 Å². The van der Waals surface area contributed by atoms with Crippen molar-refractivity contribution in [2.24, 2.45) is 0 Å². The van der Waals surface area contributed by atoms with Crippen LogP contribution in [0.15, 0.2) is 53.2 Å². The molecule has 1 unspecified atom stereocenters. The summed E-state index contributed by atoms with van der Waals surface area (Å²) >= 11 is 1.67. The van der Waals surface area contributed by atoms with Gasteiger partial charge in [0, 0.05) is 0 Å². The number of rotatable bonds is 5. The maximum absolute atomic E-state index is 10.3. The number of hydrogen-bond acceptors (Lipinski definition) is 3. The molecule has 2 aromatic carbocycles. The zero-order chi connectivity index (χ0) is 14.7. The molecular formula is C18H18O2S. The van der Waals surface area contributed by atoms with Crippen molar-refractivity contribution in [2.45, 2.75) is 18.9 Å². The van der Waals surface area contributed by atoms with Crippen molar-refractivity contribution in [3.8, 4) is 5.75 Å². The van der Waals surface area contributed by atoms with Gasteiger partial charge in [-0.25, -0.2) is 0 Å². The van der Waals surface area contributed by atoms with E-state index in [1.807, 2.05) is 23.6 Å². The van der Waals surface area contributed by atoms with E-state index in [2.05, 4.69) is 29.6 Å². The number of thiophene rings is 1. The van der Waals surface area contributed by atoms with Crippen molar-refractivity contribution in [2.75, 3.05) is 7.11 Å². The second kappa shape index (κ2) is 6.29. The number of aliphatic hydroxyl groups excluding tert-OH is 1. The van der Waals surface area contributed by atoms with Crippen molar-refractivity contribution in [1.29, 1.82) is 0 Å². The SMILES string of the molecule is COc1ccc2cccc(CC(O)Cc3ccsc3)c2c1. The summed E-state index contributed by atoms with van der Waals surface area (Å²) in [6, 6.07) is 14.3. The van der Waals surface area contributed by atoms with Crippen molar-refractivity contribution in [3.05, 3.63) is 64.4 Å². The second-order valence-corrected chi connectivity index (χ2v) is 5.98. The molecule has 0 fully saturated rings. The van der Waals surface area contributed by atoms with E-state index in [4.69, 9.17) is 4.74 Å². The van der Waals surface area contributed by atoms with E-state index in [-0.39, 0.29) is 6.10 Å². The first kappa shape index (κ1) is 14.1. The zero-order valence-electron chi connectivity index (χ0n) is 12.0. The number of ether oxygens (including phenoxy) is 1. The quantitative estimate of drug-likeness (QED) is 0.770. The van der Waals surface area contributed by atoms with Crippen LogP contribution in [0.5, 0.6) is 5.75 Å². The molecule has 0 amide bonds. The van der Waals surface area contributed by atoms with Crippen LogP contribution in [0, 0.1) is 0 Å². The normalized spacial score (nSPS) is 12.5. The topological polar surface area (TPSA) is 29.5 Å². The lowest BCUT2D eigenvalue weighted by molar-refractivity contribution is 0.176. The fraction of sp³-hybridized carbons (Fsp3) is 0.222. The molecular weight excluding hydrogens is 280 g/mol. The maximum atomic E-state index is 10.3. The Morgan fingerprint density at radius 2 is 2.05 bits per heavy atom. The lowest BCUT2D eigenvalue weighted by atomic mass is 9.97. The minimum atomic E-state index is -0.364. The van der Waals surface area contributed by atoms with Crippen LogP contribution in [-0.2, 0) is 12.8 Å². The number of benzene rings is 2. The zero-order valence-corrected chi connectivity index (χ0v) is 12.8. The van der Waals surface area contributed by atoms with E-state index in [0.29, 0.717) is 12.8 Å². The van der Waals surface area contributed by atoms with Crippen molar-refractivity contribution in [3.63, 3.8) is 0 Å². The Balaban J connectivity index is 1.85. The summed E-state index contributed by atoms with van der Waals surface area (Å²) in [7, 11) is 1.68. The summed E-state index contributed by atoms with van der Waals surface area (Å²) in [5.41, 5.74) is 2.36. The summed E-state index contributed by atoms with van der Waals surface area (Å²) in [4.78, 5) is 0. The van der Waals surface area contributed by atoms with Gasteiger partial charge in [-0.1, -0.05) is 24.3 Å². The van der Waals surface area contributed by atoms with E-state index in [0.717, 1.165) is 16.7 Å². The molecule has 0 aliphatic rings. The molecule has 1 heterocycles. The van der Waals surface area contributed by atoms with E-state index in [1.54, 1.807) is 18.4 Å². The van der Waals surface area contributed by atoms with Gasteiger partial charge in [-0.2, -0.15) is 11.3 Å². The molecule has 21 heavy (non-hydrogen) atoms. The van der Waals surface area contributed by atoms with E-state index in [9.17, 15) is 5.11 Å². The predicted molar refractivity (Wildman–Crippen MR) is 88.2 cm³/mol. The van der Waals surface area contributed by atoms with E-state index >= 15 is 0 Å². The van der Waals surface area contributed by atoms with Gasteiger partial charge in [0.15, 0.2) is 0 Å². The first-order chi connectivity index (χ1) is 10.3. The number of fused-ring (bicyclic) bond motifs is 1. The fourth-order valence-electron chi connectivity index (χ4n) is 2.63. The second-order valence-electron chi connectivity index (χ2n) is 5.20. The Morgan fingerprint density at radius 3 is 2.81 bits per heavy atom. The molecule has 0 aliphatic heterocycles. The third-order valence-corrected chi connectivity index (χ3v) is 4.42. The summed E-state index contributed by atoms with van der Waals surface area (Å²) < 4.78 is 5.31. The Bertz CT molecular complexity index is 719. The molecule has 0 radical (unpaired) electrons. The van der Waals surface area contributed by atoms with Gasteiger partial charge in [0.1, 0.15) is 5.75 Å². The van der Waals surface area contributed by atoms with Gasteiger partial charge in [0.25, 0.3) is 0 Å². The Morgan fingerprint density at radius 1 is 1.14 bits per heavy atom. The molecule has 0 bridgehead atoms.